The first-order valence-electron chi connectivity index (χ1n) is 4.78. The van der Waals surface area contributed by atoms with Crippen molar-refractivity contribution < 1.29 is 0 Å². The van der Waals surface area contributed by atoms with Crippen molar-refractivity contribution in [3.05, 3.63) is 35.4 Å². The number of fused-ring (bicyclic) bond motifs is 1. The van der Waals surface area contributed by atoms with Crippen LogP contribution in [0.4, 0.5) is 0 Å². The molecule has 0 bridgehead atoms. The Morgan fingerprint density at radius 2 is 1.87 bits per heavy atom. The minimum Gasteiger partial charge on any atom is -0.329 e. The summed E-state index contributed by atoms with van der Waals surface area (Å²) in [5.74, 6) is 0. The molecule has 4 heteroatoms. The summed E-state index contributed by atoms with van der Waals surface area (Å²) >= 11 is 0. The fourth-order valence-corrected chi connectivity index (χ4v) is 1.98. The molecule has 0 fully saturated rings. The maximum Gasteiger partial charge on any atom is 0.0259 e. The van der Waals surface area contributed by atoms with Crippen LogP contribution in [0.1, 0.15) is 11.1 Å². The Morgan fingerprint density at radius 1 is 1.27 bits per heavy atom. The minimum absolute atomic E-state index is 0. The van der Waals surface area contributed by atoms with E-state index in [1.165, 1.54) is 11.1 Å². The maximum absolute atomic E-state index is 5.71. The molecule has 0 radical (unpaired) electrons. The SMILES string of the molecule is Br.Br.CN1Cc2ccccc2CC1CN. The van der Waals surface area contributed by atoms with E-state index in [1.807, 2.05) is 0 Å². The molecule has 1 atom stereocenters. The zero-order valence-electron chi connectivity index (χ0n) is 8.85. The van der Waals surface area contributed by atoms with Crippen LogP contribution in [-0.2, 0) is 13.0 Å². The quantitative estimate of drug-likeness (QED) is 0.850. The van der Waals surface area contributed by atoms with Gasteiger partial charge in [-0.3, -0.25) is 4.90 Å². The number of benzene rings is 1. The zero-order valence-corrected chi connectivity index (χ0v) is 12.3. The Kier molecular flexibility index (Phi) is 6.68. The molecule has 2 nitrogen and oxygen atoms in total. The van der Waals surface area contributed by atoms with Crippen molar-refractivity contribution in [2.45, 2.75) is 19.0 Å². The highest BCUT2D eigenvalue weighted by molar-refractivity contribution is 8.93. The lowest BCUT2D eigenvalue weighted by atomic mass is 9.95. The summed E-state index contributed by atoms with van der Waals surface area (Å²) < 4.78 is 0. The first-order chi connectivity index (χ1) is 6.31. The van der Waals surface area contributed by atoms with Gasteiger partial charge in [-0.25, -0.2) is 0 Å². The largest absolute Gasteiger partial charge is 0.329 e. The third kappa shape index (κ3) is 3.28. The second kappa shape index (κ2) is 6.63. The van der Waals surface area contributed by atoms with Gasteiger partial charge in [0.25, 0.3) is 0 Å². The first kappa shape index (κ1) is 15.1. The van der Waals surface area contributed by atoms with E-state index in [-0.39, 0.29) is 34.0 Å². The number of nitrogens with two attached hydrogens (primary N) is 1. The van der Waals surface area contributed by atoms with E-state index in [9.17, 15) is 0 Å². The summed E-state index contributed by atoms with van der Waals surface area (Å²) in [6.45, 7) is 1.79. The number of halogens is 2. The lowest BCUT2D eigenvalue weighted by Gasteiger charge is -2.33. The van der Waals surface area contributed by atoms with E-state index in [4.69, 9.17) is 5.73 Å². The third-order valence-electron chi connectivity index (χ3n) is 2.89. The highest BCUT2D eigenvalue weighted by Gasteiger charge is 2.20. The Morgan fingerprint density at radius 3 is 2.47 bits per heavy atom. The molecule has 0 saturated carbocycles. The van der Waals surface area contributed by atoms with Crippen molar-refractivity contribution in [2.24, 2.45) is 5.73 Å². The average molecular weight is 338 g/mol. The molecular formula is C11H18Br2N2. The van der Waals surface area contributed by atoms with E-state index in [2.05, 4.69) is 36.2 Å². The summed E-state index contributed by atoms with van der Waals surface area (Å²) in [5, 5.41) is 0. The number of nitrogens with zero attached hydrogens (tertiary/aromatic N) is 1. The molecule has 0 aliphatic carbocycles. The predicted molar refractivity (Wildman–Crippen MR) is 75.1 cm³/mol. The third-order valence-corrected chi connectivity index (χ3v) is 2.89. The zero-order chi connectivity index (χ0) is 9.26. The molecule has 2 N–H and O–H groups in total. The number of likely N-dealkylation sites (N-methyl/N-ethyl adjacent to an activating group) is 1. The molecular weight excluding hydrogens is 320 g/mol. The molecule has 0 spiro atoms. The van der Waals surface area contributed by atoms with Crippen LogP contribution in [0.2, 0.25) is 0 Å². The molecule has 1 aliphatic heterocycles. The Bertz CT molecular complexity index is 304. The fourth-order valence-electron chi connectivity index (χ4n) is 1.98. The molecule has 1 heterocycles. The standard InChI is InChI=1S/C11H16N2.2BrH/c1-13-8-10-5-3-2-4-9(10)6-11(13)7-12;;/h2-5,11H,6-8,12H2,1H3;2*1H. The molecule has 1 unspecified atom stereocenters. The van der Waals surface area contributed by atoms with Crippen LogP contribution in [0.3, 0.4) is 0 Å². The Balaban J connectivity index is 0.000000980. The van der Waals surface area contributed by atoms with Crippen LogP contribution >= 0.6 is 34.0 Å². The molecule has 15 heavy (non-hydrogen) atoms. The molecule has 0 saturated heterocycles. The first-order valence-corrected chi connectivity index (χ1v) is 4.78. The summed E-state index contributed by atoms with van der Waals surface area (Å²) in [6.07, 6.45) is 1.10. The van der Waals surface area contributed by atoms with Gasteiger partial charge in [0.05, 0.1) is 0 Å². The van der Waals surface area contributed by atoms with Crippen LogP contribution in [0.5, 0.6) is 0 Å². The van der Waals surface area contributed by atoms with E-state index in [0.717, 1.165) is 19.5 Å². The molecule has 2 rings (SSSR count). The lowest BCUT2D eigenvalue weighted by Crippen LogP contribution is -2.42. The molecule has 0 amide bonds. The van der Waals surface area contributed by atoms with Gasteiger partial charge in [-0.2, -0.15) is 0 Å². The van der Waals surface area contributed by atoms with Crippen LogP contribution in [0.25, 0.3) is 0 Å². The van der Waals surface area contributed by atoms with Gasteiger partial charge < -0.3 is 5.73 Å². The van der Waals surface area contributed by atoms with Gasteiger partial charge in [0.1, 0.15) is 0 Å². The van der Waals surface area contributed by atoms with Crippen molar-refractivity contribution in [3.8, 4) is 0 Å². The van der Waals surface area contributed by atoms with E-state index in [0.29, 0.717) is 6.04 Å². The smallest absolute Gasteiger partial charge is 0.0259 e. The molecule has 1 aromatic carbocycles. The van der Waals surface area contributed by atoms with E-state index < -0.39 is 0 Å². The van der Waals surface area contributed by atoms with Crippen LogP contribution < -0.4 is 5.73 Å². The second-order valence-corrected chi connectivity index (χ2v) is 3.78. The van der Waals surface area contributed by atoms with Crippen molar-refractivity contribution in [1.82, 2.24) is 4.90 Å². The van der Waals surface area contributed by atoms with Gasteiger partial charge in [-0.15, -0.1) is 34.0 Å². The molecule has 0 aromatic heterocycles. The number of rotatable bonds is 1. The Labute approximate surface area is 112 Å². The highest BCUT2D eigenvalue weighted by Crippen LogP contribution is 2.20. The van der Waals surface area contributed by atoms with Crippen molar-refractivity contribution in [1.29, 1.82) is 0 Å². The van der Waals surface area contributed by atoms with Gasteiger partial charge in [0, 0.05) is 19.1 Å². The van der Waals surface area contributed by atoms with Crippen LogP contribution in [0.15, 0.2) is 24.3 Å². The monoisotopic (exact) mass is 336 g/mol. The van der Waals surface area contributed by atoms with Crippen molar-refractivity contribution in [3.63, 3.8) is 0 Å². The van der Waals surface area contributed by atoms with Gasteiger partial charge in [0.15, 0.2) is 0 Å². The maximum atomic E-state index is 5.71. The topological polar surface area (TPSA) is 29.3 Å². The summed E-state index contributed by atoms with van der Waals surface area (Å²) in [7, 11) is 2.15. The molecule has 1 aliphatic rings. The summed E-state index contributed by atoms with van der Waals surface area (Å²) in [5.41, 5.74) is 8.63. The van der Waals surface area contributed by atoms with Crippen molar-refractivity contribution >= 4 is 34.0 Å². The normalized spacial score (nSPS) is 19.7. The summed E-state index contributed by atoms with van der Waals surface area (Å²) in [4.78, 5) is 2.34. The molecule has 1 aromatic rings. The van der Waals surface area contributed by atoms with Crippen LogP contribution in [-0.4, -0.2) is 24.5 Å². The predicted octanol–water partition coefficient (Wildman–Crippen LogP) is 2.16. The number of hydrogen-bond acceptors (Lipinski definition) is 2. The fraction of sp³-hybridized carbons (Fsp3) is 0.455. The average Bonchev–Trinajstić information content (AvgIpc) is 2.17. The number of hydrogen-bond donors (Lipinski definition) is 1. The molecule has 86 valence electrons. The van der Waals surface area contributed by atoms with E-state index >= 15 is 0 Å². The van der Waals surface area contributed by atoms with Gasteiger partial charge >= 0.3 is 0 Å². The lowest BCUT2D eigenvalue weighted by molar-refractivity contribution is 0.221. The van der Waals surface area contributed by atoms with E-state index in [1.54, 1.807) is 0 Å². The summed E-state index contributed by atoms with van der Waals surface area (Å²) in [6, 6.07) is 9.16. The van der Waals surface area contributed by atoms with Crippen molar-refractivity contribution in [2.75, 3.05) is 13.6 Å². The van der Waals surface area contributed by atoms with Gasteiger partial charge in [0.2, 0.25) is 0 Å². The Hall–Kier alpha value is 0.1000. The van der Waals surface area contributed by atoms with Gasteiger partial charge in [-0.05, 0) is 24.6 Å². The van der Waals surface area contributed by atoms with Crippen LogP contribution in [0, 0.1) is 0 Å². The van der Waals surface area contributed by atoms with Gasteiger partial charge in [-0.1, -0.05) is 24.3 Å². The highest BCUT2D eigenvalue weighted by atomic mass is 79.9. The second-order valence-electron chi connectivity index (χ2n) is 3.78. The minimum atomic E-state index is 0.